The number of carbonyl (C=O) groups is 2. The molecule has 1 heterocycles. The Balaban J connectivity index is 2.00. The Morgan fingerprint density at radius 3 is 2.20 bits per heavy atom. The third-order valence-electron chi connectivity index (χ3n) is 4.15. The SMILES string of the molecule is CC(=O)Nc1ccc(S(=O)(=O)N[C@]2(C(F)(F)F)[NH+]=C(c3ccccc3)NC2=O)cc1. The van der Waals surface area contributed by atoms with Crippen LogP contribution >= 0.6 is 0 Å². The number of halogens is 3. The summed E-state index contributed by atoms with van der Waals surface area (Å²) in [6.45, 7) is 1.24. The van der Waals surface area contributed by atoms with Gasteiger partial charge in [-0.15, -0.1) is 4.72 Å². The molecule has 3 rings (SSSR count). The molecule has 0 fully saturated rings. The van der Waals surface area contributed by atoms with Crippen LogP contribution in [0.25, 0.3) is 0 Å². The third-order valence-corrected chi connectivity index (χ3v) is 5.62. The fraction of sp³-hybridized carbons (Fsp3) is 0.167. The monoisotopic (exact) mass is 441 g/mol. The van der Waals surface area contributed by atoms with Crippen molar-refractivity contribution in [3.05, 3.63) is 60.2 Å². The molecule has 0 saturated heterocycles. The van der Waals surface area contributed by atoms with Gasteiger partial charge < -0.3 is 5.32 Å². The van der Waals surface area contributed by atoms with Gasteiger partial charge in [0.05, 0.1) is 10.5 Å². The van der Waals surface area contributed by atoms with E-state index in [4.69, 9.17) is 0 Å². The van der Waals surface area contributed by atoms with Gasteiger partial charge in [-0.25, -0.2) is 23.5 Å². The number of rotatable bonds is 5. The lowest BCUT2D eigenvalue weighted by atomic mass is 10.2. The van der Waals surface area contributed by atoms with Crippen molar-refractivity contribution >= 4 is 33.4 Å². The standard InChI is InChI=1S/C18H15F3N4O4S/c1-11(26)22-13-7-9-14(10-8-13)30(28,29)25-17(18(19,20)21)16(27)23-15(24-17)12-5-3-2-4-6-12/h2-10,25H,1H3,(H,22,26)(H,23,24,27)/p+1/t17-/m1/s1. The van der Waals surface area contributed by atoms with Crippen molar-refractivity contribution in [2.45, 2.75) is 23.7 Å². The first-order valence-corrected chi connectivity index (χ1v) is 9.93. The lowest BCUT2D eigenvalue weighted by Crippen LogP contribution is -2.96. The molecule has 2 aromatic rings. The third kappa shape index (κ3) is 4.04. The highest BCUT2D eigenvalue weighted by Gasteiger charge is 2.70. The zero-order valence-electron chi connectivity index (χ0n) is 15.4. The van der Waals surface area contributed by atoms with Crippen molar-refractivity contribution in [2.24, 2.45) is 0 Å². The highest BCUT2D eigenvalue weighted by atomic mass is 32.2. The molecule has 2 aromatic carbocycles. The van der Waals surface area contributed by atoms with Crippen LogP contribution in [0, 0.1) is 0 Å². The molecule has 1 aliphatic rings. The summed E-state index contributed by atoms with van der Waals surface area (Å²) >= 11 is 0. The van der Waals surface area contributed by atoms with E-state index in [0.29, 0.717) is 0 Å². The summed E-state index contributed by atoms with van der Waals surface area (Å²) in [5.41, 5.74) is -3.12. The van der Waals surface area contributed by atoms with E-state index in [1.807, 2.05) is 10.3 Å². The summed E-state index contributed by atoms with van der Waals surface area (Å²) in [5, 5.41) is 4.45. The molecule has 4 N–H and O–H groups in total. The minimum atomic E-state index is -5.31. The van der Waals surface area contributed by atoms with E-state index < -0.39 is 38.6 Å². The number of benzene rings is 2. The van der Waals surface area contributed by atoms with Crippen LogP contribution in [0.3, 0.4) is 0 Å². The Kier molecular flexibility index (Phi) is 5.39. The second-order valence-corrected chi connectivity index (χ2v) is 8.06. The summed E-state index contributed by atoms with van der Waals surface area (Å²) in [4.78, 5) is 24.8. The molecule has 0 unspecified atom stereocenters. The average molecular weight is 441 g/mol. The zero-order chi connectivity index (χ0) is 22.2. The summed E-state index contributed by atoms with van der Waals surface area (Å²) in [6, 6.07) is 12.0. The second-order valence-electron chi connectivity index (χ2n) is 6.38. The normalized spacial score (nSPS) is 19.2. The van der Waals surface area contributed by atoms with E-state index in [2.05, 4.69) is 5.32 Å². The molecular formula is C18H16F3N4O4S+. The molecule has 2 amide bonds. The predicted octanol–water partition coefficient (Wildman–Crippen LogP) is -0.161. The van der Waals surface area contributed by atoms with Gasteiger partial charge in [-0.05, 0) is 36.4 Å². The molecule has 0 aliphatic carbocycles. The zero-order valence-corrected chi connectivity index (χ0v) is 16.2. The summed E-state index contributed by atoms with van der Waals surface area (Å²) < 4.78 is 68.4. The molecule has 0 saturated carbocycles. The van der Waals surface area contributed by atoms with Crippen LogP contribution in [0.5, 0.6) is 0 Å². The summed E-state index contributed by atoms with van der Waals surface area (Å²) in [6.07, 6.45) is -5.31. The number of sulfonamides is 1. The molecule has 0 bridgehead atoms. The van der Waals surface area contributed by atoms with Crippen LogP contribution in [0.15, 0.2) is 59.5 Å². The molecule has 12 heteroatoms. The molecule has 1 aliphatic heterocycles. The highest BCUT2D eigenvalue weighted by molar-refractivity contribution is 7.89. The number of amidine groups is 1. The first-order valence-electron chi connectivity index (χ1n) is 8.45. The van der Waals surface area contributed by atoms with Crippen LogP contribution < -0.4 is 20.3 Å². The van der Waals surface area contributed by atoms with E-state index in [-0.39, 0.29) is 17.1 Å². The van der Waals surface area contributed by atoms with Gasteiger partial charge >= 0.3 is 17.7 Å². The smallest absolute Gasteiger partial charge is 0.326 e. The Bertz CT molecular complexity index is 1120. The highest BCUT2D eigenvalue weighted by Crippen LogP contribution is 2.28. The van der Waals surface area contributed by atoms with Crippen LogP contribution in [0.1, 0.15) is 12.5 Å². The number of carbonyl (C=O) groups excluding carboxylic acids is 2. The van der Waals surface area contributed by atoms with Gasteiger partial charge in [0.1, 0.15) is 0 Å². The van der Waals surface area contributed by atoms with Crippen LogP contribution in [-0.2, 0) is 19.6 Å². The van der Waals surface area contributed by atoms with Crippen molar-refractivity contribution in [3.63, 3.8) is 0 Å². The van der Waals surface area contributed by atoms with E-state index in [9.17, 15) is 31.2 Å². The van der Waals surface area contributed by atoms with Crippen LogP contribution in [-0.4, -0.2) is 37.9 Å². The molecule has 0 radical (unpaired) electrons. The second kappa shape index (κ2) is 7.54. The lowest BCUT2D eigenvalue weighted by molar-refractivity contribution is -0.579. The number of nitrogens with one attached hydrogen (secondary N) is 4. The molecule has 30 heavy (non-hydrogen) atoms. The number of hydrogen-bond acceptors (Lipinski definition) is 4. The van der Waals surface area contributed by atoms with Gasteiger partial charge in [-0.1, -0.05) is 18.2 Å². The molecular weight excluding hydrogens is 425 g/mol. The van der Waals surface area contributed by atoms with Gasteiger partial charge in [0.15, 0.2) is 0 Å². The van der Waals surface area contributed by atoms with Crippen LogP contribution in [0.2, 0.25) is 0 Å². The molecule has 0 aromatic heterocycles. The van der Waals surface area contributed by atoms with Gasteiger partial charge in [0, 0.05) is 12.6 Å². The van der Waals surface area contributed by atoms with E-state index in [1.165, 1.54) is 35.9 Å². The van der Waals surface area contributed by atoms with Crippen molar-refractivity contribution < 1.29 is 36.2 Å². The van der Waals surface area contributed by atoms with Gasteiger partial charge in [-0.3, -0.25) is 4.79 Å². The molecule has 158 valence electrons. The summed E-state index contributed by atoms with van der Waals surface area (Å²) in [5.74, 6) is -2.32. The predicted molar refractivity (Wildman–Crippen MR) is 99.5 cm³/mol. The Labute approximate surface area is 169 Å². The van der Waals surface area contributed by atoms with Crippen LogP contribution in [0.4, 0.5) is 18.9 Å². The van der Waals surface area contributed by atoms with E-state index >= 15 is 0 Å². The van der Waals surface area contributed by atoms with Gasteiger partial charge in [0.2, 0.25) is 15.9 Å². The average Bonchev–Trinajstić information content (AvgIpc) is 2.99. The minimum absolute atomic E-state index is 0.232. The van der Waals surface area contributed by atoms with Crippen molar-refractivity contribution in [1.29, 1.82) is 0 Å². The molecule has 8 nitrogen and oxygen atoms in total. The maximum atomic E-state index is 13.9. The fourth-order valence-electron chi connectivity index (χ4n) is 2.74. The van der Waals surface area contributed by atoms with Gasteiger partial charge in [0.25, 0.3) is 5.84 Å². The quantitative estimate of drug-likeness (QED) is 0.516. The van der Waals surface area contributed by atoms with Gasteiger partial charge in [-0.2, -0.15) is 13.2 Å². The number of alkyl halides is 3. The van der Waals surface area contributed by atoms with E-state index in [0.717, 1.165) is 12.1 Å². The van der Waals surface area contributed by atoms with Crippen molar-refractivity contribution in [2.75, 3.05) is 5.32 Å². The first-order chi connectivity index (χ1) is 13.9. The van der Waals surface area contributed by atoms with Crippen molar-refractivity contribution in [3.8, 4) is 0 Å². The molecule has 0 spiro atoms. The summed E-state index contributed by atoms with van der Waals surface area (Å²) in [7, 11) is -4.79. The van der Waals surface area contributed by atoms with Crippen molar-refractivity contribution in [1.82, 2.24) is 10.0 Å². The maximum absolute atomic E-state index is 13.9. The Morgan fingerprint density at radius 2 is 1.67 bits per heavy atom. The number of anilines is 1. The van der Waals surface area contributed by atoms with E-state index in [1.54, 1.807) is 18.2 Å². The number of hydrogen-bond donors (Lipinski definition) is 4. The molecule has 1 atom stereocenters. The topological polar surface area (TPSA) is 118 Å². The minimum Gasteiger partial charge on any atom is -0.326 e. The first kappa shape index (κ1) is 21.5. The number of amides is 2. The maximum Gasteiger partial charge on any atom is 0.460 e. The largest absolute Gasteiger partial charge is 0.460 e. The fourth-order valence-corrected chi connectivity index (χ4v) is 4.02. The Hall–Kier alpha value is -3.25. The Morgan fingerprint density at radius 1 is 1.07 bits per heavy atom. The lowest BCUT2D eigenvalue weighted by Gasteiger charge is -2.23.